The minimum absolute atomic E-state index is 0.00000628. The summed E-state index contributed by atoms with van der Waals surface area (Å²) in [6.45, 7) is 1.71. The summed E-state index contributed by atoms with van der Waals surface area (Å²) in [4.78, 5) is 22.5. The Morgan fingerprint density at radius 3 is 2.55 bits per heavy atom. The SMILES string of the molecule is Cn1cc(-c2ccc(-c3ccc4ncc5c(c4c3)n([C@@H]3CCN(Br)C3)c(=O)n5C)cn2)cn1. The number of rotatable bonds is 3. The molecule has 4 aromatic heterocycles. The summed E-state index contributed by atoms with van der Waals surface area (Å²) >= 11 is 3.57. The lowest BCUT2D eigenvalue weighted by molar-refractivity contribution is 0.505. The summed E-state index contributed by atoms with van der Waals surface area (Å²) in [5.74, 6) is 0. The van der Waals surface area contributed by atoms with E-state index < -0.39 is 0 Å². The second-order valence-electron chi connectivity index (χ2n) is 8.58. The van der Waals surface area contributed by atoms with Gasteiger partial charge in [-0.3, -0.25) is 23.8 Å². The zero-order valence-electron chi connectivity index (χ0n) is 18.3. The van der Waals surface area contributed by atoms with Gasteiger partial charge in [0.25, 0.3) is 0 Å². The lowest BCUT2D eigenvalue weighted by atomic mass is 10.0. The summed E-state index contributed by atoms with van der Waals surface area (Å²) < 4.78 is 7.52. The second kappa shape index (κ2) is 7.64. The number of nitrogens with zero attached hydrogens (tertiary/aromatic N) is 7. The molecule has 1 aliphatic heterocycles. The minimum atomic E-state index is -0.00000628. The van der Waals surface area contributed by atoms with Crippen LogP contribution in [0.3, 0.4) is 0 Å². The molecule has 166 valence electrons. The van der Waals surface area contributed by atoms with Gasteiger partial charge in [-0.15, -0.1) is 0 Å². The van der Waals surface area contributed by atoms with E-state index in [2.05, 4.69) is 53.3 Å². The molecule has 1 atom stereocenters. The third-order valence-electron chi connectivity index (χ3n) is 6.49. The smallest absolute Gasteiger partial charge is 0.293 e. The molecule has 1 aliphatic rings. The first-order valence-corrected chi connectivity index (χ1v) is 11.6. The fraction of sp³-hybridized carbons (Fsp3) is 0.250. The quantitative estimate of drug-likeness (QED) is 0.349. The molecule has 0 N–H and O–H groups in total. The largest absolute Gasteiger partial charge is 0.329 e. The Morgan fingerprint density at radius 2 is 1.85 bits per heavy atom. The van der Waals surface area contributed by atoms with E-state index in [1.54, 1.807) is 15.4 Å². The summed E-state index contributed by atoms with van der Waals surface area (Å²) in [5.41, 5.74) is 6.59. The highest BCUT2D eigenvalue weighted by Gasteiger charge is 2.27. The van der Waals surface area contributed by atoms with Gasteiger partial charge in [-0.25, -0.2) is 8.72 Å². The Balaban J connectivity index is 1.50. The van der Waals surface area contributed by atoms with Crippen LogP contribution in [-0.4, -0.2) is 45.9 Å². The van der Waals surface area contributed by atoms with Crippen molar-refractivity contribution < 1.29 is 0 Å². The van der Waals surface area contributed by atoms with Crippen LogP contribution in [0.25, 0.3) is 44.3 Å². The number of pyridine rings is 2. The van der Waals surface area contributed by atoms with Gasteiger partial charge in [-0.2, -0.15) is 5.10 Å². The average Bonchev–Trinajstić information content (AvgIpc) is 3.52. The Morgan fingerprint density at radius 1 is 1.00 bits per heavy atom. The van der Waals surface area contributed by atoms with Crippen LogP contribution in [0.2, 0.25) is 0 Å². The van der Waals surface area contributed by atoms with Gasteiger partial charge in [0, 0.05) is 72.2 Å². The second-order valence-corrected chi connectivity index (χ2v) is 9.58. The number of imidazole rings is 1. The van der Waals surface area contributed by atoms with E-state index in [1.807, 2.05) is 49.4 Å². The van der Waals surface area contributed by atoms with E-state index in [1.165, 1.54) is 0 Å². The predicted octanol–water partition coefficient (Wildman–Crippen LogP) is 3.91. The maximum atomic E-state index is 13.2. The molecule has 1 fully saturated rings. The molecule has 0 radical (unpaired) electrons. The van der Waals surface area contributed by atoms with Gasteiger partial charge < -0.3 is 0 Å². The number of hydrogen-bond donors (Lipinski definition) is 0. The Labute approximate surface area is 198 Å². The van der Waals surface area contributed by atoms with Gasteiger partial charge in [-0.05, 0) is 30.2 Å². The zero-order valence-corrected chi connectivity index (χ0v) is 19.9. The van der Waals surface area contributed by atoms with Gasteiger partial charge >= 0.3 is 5.69 Å². The lowest BCUT2D eigenvalue weighted by Crippen LogP contribution is -2.27. The molecule has 0 unspecified atom stereocenters. The van der Waals surface area contributed by atoms with Crippen LogP contribution in [0.5, 0.6) is 0 Å². The number of fused-ring (bicyclic) bond motifs is 3. The molecule has 1 saturated heterocycles. The molecule has 6 rings (SSSR count). The first-order chi connectivity index (χ1) is 16.0. The van der Waals surface area contributed by atoms with E-state index in [4.69, 9.17) is 0 Å². The van der Waals surface area contributed by atoms with Crippen molar-refractivity contribution in [3.05, 3.63) is 65.6 Å². The third kappa shape index (κ3) is 3.30. The van der Waals surface area contributed by atoms with Crippen LogP contribution >= 0.6 is 16.1 Å². The van der Waals surface area contributed by atoms with Gasteiger partial charge in [-0.1, -0.05) is 12.1 Å². The van der Waals surface area contributed by atoms with Crippen molar-refractivity contribution in [3.63, 3.8) is 0 Å². The Kier molecular flexibility index (Phi) is 4.70. The van der Waals surface area contributed by atoms with Gasteiger partial charge in [0.2, 0.25) is 0 Å². The molecule has 8 nitrogen and oxygen atoms in total. The Hall–Kier alpha value is -3.30. The maximum Gasteiger partial charge on any atom is 0.329 e. The number of halogens is 1. The molecule has 9 heteroatoms. The predicted molar refractivity (Wildman–Crippen MR) is 132 cm³/mol. The lowest BCUT2D eigenvalue weighted by Gasteiger charge is -2.13. The highest BCUT2D eigenvalue weighted by molar-refractivity contribution is 9.07. The molecular weight excluding hydrogens is 482 g/mol. The van der Waals surface area contributed by atoms with E-state index >= 15 is 0 Å². The Bertz CT molecular complexity index is 1560. The van der Waals surface area contributed by atoms with Gasteiger partial charge in [0.15, 0.2) is 0 Å². The normalized spacial score (nSPS) is 16.9. The van der Waals surface area contributed by atoms with Crippen molar-refractivity contribution >= 4 is 38.1 Å². The fourth-order valence-electron chi connectivity index (χ4n) is 4.75. The molecule has 0 bridgehead atoms. The highest BCUT2D eigenvalue weighted by Crippen LogP contribution is 2.32. The summed E-state index contributed by atoms with van der Waals surface area (Å²) in [5, 5.41) is 5.20. The number of aryl methyl sites for hydroxylation is 2. The van der Waals surface area contributed by atoms with E-state index in [0.717, 1.165) is 63.8 Å². The standard InChI is InChI=1S/C24H22BrN7O/c1-29-13-17(11-28-29)20-5-4-16(10-26-20)15-3-6-21-19(9-15)23-22(12-27-21)30(2)24(33)32(23)18-7-8-31(25)14-18/h3-6,9-13,18H,7-8,14H2,1-2H3/t18-/m1/s1. The number of hydrogen-bond acceptors (Lipinski definition) is 5. The zero-order chi connectivity index (χ0) is 22.7. The van der Waals surface area contributed by atoms with Crippen LogP contribution in [0.1, 0.15) is 12.5 Å². The van der Waals surface area contributed by atoms with E-state index in [0.29, 0.717) is 0 Å². The molecule has 0 amide bonds. The maximum absolute atomic E-state index is 13.2. The van der Waals surface area contributed by atoms with Crippen molar-refractivity contribution in [3.8, 4) is 22.4 Å². The van der Waals surface area contributed by atoms with Gasteiger partial charge in [0.1, 0.15) is 0 Å². The van der Waals surface area contributed by atoms with Crippen molar-refractivity contribution in [1.82, 2.24) is 32.8 Å². The number of aromatic nitrogens is 6. The molecule has 0 saturated carbocycles. The van der Waals surface area contributed by atoms with Crippen molar-refractivity contribution in [2.45, 2.75) is 12.5 Å². The van der Waals surface area contributed by atoms with Gasteiger partial charge in [0.05, 0.1) is 40.7 Å². The molecule has 0 aliphatic carbocycles. The van der Waals surface area contributed by atoms with Crippen LogP contribution in [0.4, 0.5) is 0 Å². The molecule has 33 heavy (non-hydrogen) atoms. The van der Waals surface area contributed by atoms with E-state index in [9.17, 15) is 4.79 Å². The fourth-order valence-corrected chi connectivity index (χ4v) is 5.28. The van der Waals surface area contributed by atoms with Crippen molar-refractivity contribution in [1.29, 1.82) is 0 Å². The first kappa shape index (κ1) is 20.3. The molecule has 0 spiro atoms. The van der Waals surface area contributed by atoms with Crippen molar-refractivity contribution in [2.75, 3.05) is 13.1 Å². The van der Waals surface area contributed by atoms with Crippen LogP contribution in [0, 0.1) is 0 Å². The monoisotopic (exact) mass is 503 g/mol. The summed E-state index contributed by atoms with van der Waals surface area (Å²) in [6, 6.07) is 10.4. The first-order valence-electron chi connectivity index (χ1n) is 10.9. The molecule has 5 heterocycles. The summed E-state index contributed by atoms with van der Waals surface area (Å²) in [7, 11) is 3.71. The minimum Gasteiger partial charge on any atom is -0.293 e. The molecule has 5 aromatic rings. The molecular formula is C24H22BrN7O. The molecule has 1 aromatic carbocycles. The van der Waals surface area contributed by atoms with Crippen LogP contribution < -0.4 is 5.69 Å². The van der Waals surface area contributed by atoms with Crippen LogP contribution in [-0.2, 0) is 14.1 Å². The van der Waals surface area contributed by atoms with E-state index in [-0.39, 0.29) is 11.7 Å². The average molecular weight is 504 g/mol. The third-order valence-corrected chi connectivity index (χ3v) is 7.14. The van der Waals surface area contributed by atoms with Crippen molar-refractivity contribution in [2.24, 2.45) is 14.1 Å². The topological polar surface area (TPSA) is 73.8 Å². The van der Waals surface area contributed by atoms with Crippen LogP contribution in [0.15, 0.2) is 59.9 Å². The highest BCUT2D eigenvalue weighted by atomic mass is 79.9. The number of benzene rings is 1. The summed E-state index contributed by atoms with van der Waals surface area (Å²) in [6.07, 6.45) is 8.38.